The lowest BCUT2D eigenvalue weighted by Crippen LogP contribution is -2.09. The SMILES string of the molecule is NC(=S)c1ccc(OCc2c(Cl)cccc2Cl)c(F)c1. The highest BCUT2D eigenvalue weighted by atomic mass is 35.5. The number of nitrogens with two attached hydrogens (primary N) is 1. The molecule has 0 radical (unpaired) electrons. The Morgan fingerprint density at radius 1 is 1.20 bits per heavy atom. The number of rotatable bonds is 4. The molecule has 0 atom stereocenters. The standard InChI is InChI=1S/C14H10Cl2FNOS/c15-10-2-1-3-11(16)9(10)7-19-13-5-4-8(14(18)20)6-12(13)17/h1-6H,7H2,(H2,18,20). The van der Waals surface area contributed by atoms with E-state index < -0.39 is 5.82 Å². The molecular weight excluding hydrogens is 320 g/mol. The molecule has 0 aliphatic rings. The molecule has 0 spiro atoms. The van der Waals surface area contributed by atoms with Gasteiger partial charge in [0.05, 0.1) is 0 Å². The third-order valence-corrected chi connectivity index (χ3v) is 3.59. The van der Waals surface area contributed by atoms with Crippen molar-refractivity contribution in [2.45, 2.75) is 6.61 Å². The molecule has 6 heteroatoms. The molecule has 20 heavy (non-hydrogen) atoms. The first-order chi connectivity index (χ1) is 9.49. The predicted molar refractivity (Wildman–Crippen MR) is 83.1 cm³/mol. The molecule has 0 aliphatic carbocycles. The monoisotopic (exact) mass is 329 g/mol. The first kappa shape index (κ1) is 15.0. The number of halogens is 3. The van der Waals surface area contributed by atoms with Gasteiger partial charge in [0.1, 0.15) is 11.6 Å². The third-order valence-electron chi connectivity index (χ3n) is 2.65. The first-order valence-corrected chi connectivity index (χ1v) is 6.80. The highest BCUT2D eigenvalue weighted by molar-refractivity contribution is 7.80. The second-order valence-corrected chi connectivity index (χ2v) is 5.25. The van der Waals surface area contributed by atoms with Gasteiger partial charge in [0.25, 0.3) is 0 Å². The molecule has 2 N–H and O–H groups in total. The zero-order valence-corrected chi connectivity index (χ0v) is 12.5. The van der Waals surface area contributed by atoms with E-state index in [1.807, 2.05) is 0 Å². The van der Waals surface area contributed by atoms with Crippen molar-refractivity contribution in [2.75, 3.05) is 0 Å². The Hall–Kier alpha value is -1.36. The molecule has 2 aromatic carbocycles. The normalized spacial score (nSPS) is 10.3. The van der Waals surface area contributed by atoms with Crippen LogP contribution < -0.4 is 10.5 Å². The molecule has 0 fully saturated rings. The van der Waals surface area contributed by atoms with E-state index >= 15 is 0 Å². The van der Waals surface area contributed by atoms with Crippen LogP contribution in [0.1, 0.15) is 11.1 Å². The van der Waals surface area contributed by atoms with Crippen molar-refractivity contribution in [3.8, 4) is 5.75 Å². The van der Waals surface area contributed by atoms with E-state index in [9.17, 15) is 4.39 Å². The average Bonchev–Trinajstić information content (AvgIpc) is 2.39. The van der Waals surface area contributed by atoms with Crippen molar-refractivity contribution >= 4 is 40.4 Å². The molecular formula is C14H10Cl2FNOS. The molecule has 0 saturated carbocycles. The summed E-state index contributed by atoms with van der Waals surface area (Å²) in [7, 11) is 0. The molecule has 0 aliphatic heterocycles. The van der Waals surface area contributed by atoms with Crippen molar-refractivity contribution in [2.24, 2.45) is 5.73 Å². The number of benzene rings is 2. The van der Waals surface area contributed by atoms with E-state index in [1.165, 1.54) is 12.1 Å². The lowest BCUT2D eigenvalue weighted by molar-refractivity contribution is 0.290. The quantitative estimate of drug-likeness (QED) is 0.847. The van der Waals surface area contributed by atoms with Crippen LogP contribution in [0.5, 0.6) is 5.75 Å². The molecule has 2 nitrogen and oxygen atoms in total. The minimum atomic E-state index is -0.543. The number of thiocarbonyl (C=S) groups is 1. The van der Waals surface area contributed by atoms with Crippen LogP contribution in [-0.4, -0.2) is 4.99 Å². The highest BCUT2D eigenvalue weighted by Gasteiger charge is 2.10. The van der Waals surface area contributed by atoms with Crippen molar-refractivity contribution < 1.29 is 9.13 Å². The molecule has 0 heterocycles. The van der Waals surface area contributed by atoms with Gasteiger partial charge in [0.2, 0.25) is 0 Å². The van der Waals surface area contributed by atoms with Crippen LogP contribution >= 0.6 is 35.4 Å². The molecule has 2 aromatic rings. The van der Waals surface area contributed by atoms with E-state index in [0.29, 0.717) is 21.2 Å². The van der Waals surface area contributed by atoms with Gasteiger partial charge in [-0.05, 0) is 30.3 Å². The Balaban J connectivity index is 2.17. The summed E-state index contributed by atoms with van der Waals surface area (Å²) >= 11 is 16.8. The Kier molecular flexibility index (Phi) is 4.81. The summed E-state index contributed by atoms with van der Waals surface area (Å²) in [6.07, 6.45) is 0. The maximum absolute atomic E-state index is 13.8. The van der Waals surface area contributed by atoms with Gasteiger partial charge in [-0.1, -0.05) is 41.5 Å². The molecule has 0 bridgehead atoms. The van der Waals surface area contributed by atoms with Crippen LogP contribution in [0.2, 0.25) is 10.0 Å². The highest BCUT2D eigenvalue weighted by Crippen LogP contribution is 2.27. The zero-order chi connectivity index (χ0) is 14.7. The molecule has 2 rings (SSSR count). The minimum Gasteiger partial charge on any atom is -0.486 e. The summed E-state index contributed by atoms with van der Waals surface area (Å²) < 4.78 is 19.2. The largest absolute Gasteiger partial charge is 0.486 e. The van der Waals surface area contributed by atoms with Crippen LogP contribution in [0, 0.1) is 5.82 Å². The first-order valence-electron chi connectivity index (χ1n) is 5.64. The Bertz CT molecular complexity index is 643. The van der Waals surface area contributed by atoms with Crippen LogP contribution in [-0.2, 0) is 6.61 Å². The molecule has 0 aromatic heterocycles. The fourth-order valence-corrected chi connectivity index (χ4v) is 2.22. The maximum atomic E-state index is 13.8. The number of ether oxygens (including phenoxy) is 1. The molecule has 0 amide bonds. The van der Waals surface area contributed by atoms with Gasteiger partial charge in [-0.15, -0.1) is 0 Å². The van der Waals surface area contributed by atoms with Crippen LogP contribution in [0.3, 0.4) is 0 Å². The van der Waals surface area contributed by atoms with Crippen molar-refractivity contribution in [1.29, 1.82) is 0 Å². The summed E-state index contributed by atoms with van der Waals surface area (Å²) in [4.78, 5) is 0.129. The predicted octanol–water partition coefficient (Wildman–Crippen LogP) is 4.35. The Morgan fingerprint density at radius 3 is 2.40 bits per heavy atom. The van der Waals surface area contributed by atoms with E-state index in [4.69, 9.17) is 45.9 Å². The fourth-order valence-electron chi connectivity index (χ4n) is 1.59. The van der Waals surface area contributed by atoms with Crippen molar-refractivity contribution in [1.82, 2.24) is 0 Å². The van der Waals surface area contributed by atoms with Crippen molar-refractivity contribution in [3.63, 3.8) is 0 Å². The van der Waals surface area contributed by atoms with E-state index in [2.05, 4.69) is 0 Å². The van der Waals surface area contributed by atoms with E-state index in [0.717, 1.165) is 0 Å². The minimum absolute atomic E-state index is 0.0713. The summed E-state index contributed by atoms with van der Waals surface area (Å²) in [6, 6.07) is 9.40. The maximum Gasteiger partial charge on any atom is 0.165 e. The Labute approximate surface area is 131 Å². The van der Waals surface area contributed by atoms with Crippen molar-refractivity contribution in [3.05, 3.63) is 63.4 Å². The zero-order valence-electron chi connectivity index (χ0n) is 10.2. The van der Waals surface area contributed by atoms with Gasteiger partial charge in [0, 0.05) is 21.2 Å². The topological polar surface area (TPSA) is 35.2 Å². The molecule has 0 unspecified atom stereocenters. The second-order valence-electron chi connectivity index (χ2n) is 4.00. The summed E-state index contributed by atoms with van der Waals surface area (Å²) in [5.41, 5.74) is 6.48. The Morgan fingerprint density at radius 2 is 1.85 bits per heavy atom. The van der Waals surface area contributed by atoms with Gasteiger partial charge in [-0.25, -0.2) is 4.39 Å². The smallest absolute Gasteiger partial charge is 0.165 e. The number of hydrogen-bond donors (Lipinski definition) is 1. The van der Waals surface area contributed by atoms with Gasteiger partial charge in [-0.3, -0.25) is 0 Å². The molecule has 0 saturated heterocycles. The summed E-state index contributed by atoms with van der Waals surface area (Å²) in [5, 5.41) is 0.940. The third kappa shape index (κ3) is 3.39. The summed E-state index contributed by atoms with van der Waals surface area (Å²) in [6.45, 7) is 0.0713. The summed E-state index contributed by atoms with van der Waals surface area (Å²) in [5.74, 6) is -0.459. The van der Waals surface area contributed by atoms with E-state index in [-0.39, 0.29) is 17.3 Å². The lowest BCUT2D eigenvalue weighted by atomic mass is 10.2. The van der Waals surface area contributed by atoms with Crippen LogP contribution in [0.15, 0.2) is 36.4 Å². The van der Waals surface area contributed by atoms with Gasteiger partial charge in [-0.2, -0.15) is 0 Å². The van der Waals surface area contributed by atoms with Gasteiger partial charge < -0.3 is 10.5 Å². The van der Waals surface area contributed by atoms with Gasteiger partial charge in [0.15, 0.2) is 11.6 Å². The average molecular weight is 330 g/mol. The van der Waals surface area contributed by atoms with Crippen LogP contribution in [0.25, 0.3) is 0 Å². The number of hydrogen-bond acceptors (Lipinski definition) is 2. The fraction of sp³-hybridized carbons (Fsp3) is 0.0714. The van der Waals surface area contributed by atoms with Crippen LogP contribution in [0.4, 0.5) is 4.39 Å². The molecule has 104 valence electrons. The lowest BCUT2D eigenvalue weighted by Gasteiger charge is -2.10. The second kappa shape index (κ2) is 6.39. The van der Waals surface area contributed by atoms with E-state index in [1.54, 1.807) is 24.3 Å². The van der Waals surface area contributed by atoms with Gasteiger partial charge >= 0.3 is 0 Å².